The minimum Gasteiger partial charge on any atom is -0.354 e. The Morgan fingerprint density at radius 1 is 1.00 bits per heavy atom. The van der Waals surface area contributed by atoms with Crippen LogP contribution in [0.3, 0.4) is 0 Å². The Kier molecular flexibility index (Phi) is 5.70. The molecule has 2 aromatic carbocycles. The first-order valence-corrected chi connectivity index (χ1v) is 9.43. The fraction of sp³-hybridized carbons (Fsp3) is 0.190. The summed E-state index contributed by atoms with van der Waals surface area (Å²) < 4.78 is 3.33. The summed E-state index contributed by atoms with van der Waals surface area (Å²) in [5, 5.41) is 18.6. The molecule has 0 unspecified atom stereocenters. The smallest absolute Gasteiger partial charge is 0.245 e. The lowest BCUT2D eigenvalue weighted by molar-refractivity contribution is -0.124. The number of aromatic nitrogens is 6. The molecule has 0 radical (unpaired) electrons. The maximum absolute atomic E-state index is 12.8. The monoisotopic (exact) mass is 387 g/mol. The van der Waals surface area contributed by atoms with Gasteiger partial charge in [0.1, 0.15) is 12.4 Å². The van der Waals surface area contributed by atoms with Crippen LogP contribution in [0.25, 0.3) is 5.69 Å². The summed E-state index contributed by atoms with van der Waals surface area (Å²) >= 11 is 0. The van der Waals surface area contributed by atoms with Gasteiger partial charge in [0.15, 0.2) is 0 Å². The van der Waals surface area contributed by atoms with Crippen LogP contribution in [-0.4, -0.2) is 42.4 Å². The zero-order chi connectivity index (χ0) is 19.9. The number of hydrogen-bond acceptors (Lipinski definition) is 5. The van der Waals surface area contributed by atoms with E-state index in [2.05, 4.69) is 25.9 Å². The highest BCUT2D eigenvalue weighted by Crippen LogP contribution is 2.13. The van der Waals surface area contributed by atoms with Gasteiger partial charge in [-0.2, -0.15) is 5.10 Å². The molecule has 1 atom stereocenters. The molecule has 0 fully saturated rings. The van der Waals surface area contributed by atoms with E-state index in [0.29, 0.717) is 19.4 Å². The van der Waals surface area contributed by atoms with Gasteiger partial charge in [0.25, 0.3) is 0 Å². The molecule has 0 aliphatic carbocycles. The van der Waals surface area contributed by atoms with Gasteiger partial charge >= 0.3 is 0 Å². The molecule has 8 heteroatoms. The van der Waals surface area contributed by atoms with Crippen molar-refractivity contribution >= 4 is 5.91 Å². The van der Waals surface area contributed by atoms with Crippen molar-refractivity contribution in [2.75, 3.05) is 6.54 Å². The third-order valence-electron chi connectivity index (χ3n) is 4.63. The molecule has 0 aliphatic rings. The van der Waals surface area contributed by atoms with E-state index in [4.69, 9.17) is 0 Å². The number of para-hydroxylation sites is 1. The van der Waals surface area contributed by atoms with Crippen molar-refractivity contribution in [3.8, 4) is 5.69 Å². The van der Waals surface area contributed by atoms with Crippen molar-refractivity contribution in [3.05, 3.63) is 90.5 Å². The molecule has 1 N–H and O–H groups in total. The van der Waals surface area contributed by atoms with Crippen LogP contribution in [0.2, 0.25) is 0 Å². The first-order valence-electron chi connectivity index (χ1n) is 9.43. The number of amides is 1. The molecule has 0 bridgehead atoms. The van der Waals surface area contributed by atoms with E-state index in [1.54, 1.807) is 0 Å². The van der Waals surface area contributed by atoms with Crippen molar-refractivity contribution < 1.29 is 4.79 Å². The van der Waals surface area contributed by atoms with Crippen molar-refractivity contribution in [1.82, 2.24) is 35.3 Å². The largest absolute Gasteiger partial charge is 0.354 e. The number of benzene rings is 2. The Bertz CT molecular complexity index is 1030. The van der Waals surface area contributed by atoms with E-state index in [1.165, 1.54) is 11.0 Å². The van der Waals surface area contributed by atoms with Gasteiger partial charge < -0.3 is 5.32 Å². The molecule has 1 amide bonds. The van der Waals surface area contributed by atoms with E-state index in [9.17, 15) is 4.79 Å². The van der Waals surface area contributed by atoms with Crippen LogP contribution in [0.15, 0.2) is 79.4 Å². The molecule has 146 valence electrons. The zero-order valence-electron chi connectivity index (χ0n) is 15.8. The summed E-state index contributed by atoms with van der Waals surface area (Å²) in [6, 6.07) is 19.3. The van der Waals surface area contributed by atoms with Gasteiger partial charge in [-0.05, 0) is 40.1 Å². The molecule has 4 aromatic rings. The number of hydrogen-bond donors (Lipinski definition) is 1. The van der Waals surface area contributed by atoms with E-state index >= 15 is 0 Å². The maximum Gasteiger partial charge on any atom is 0.245 e. The standard InChI is InChI=1S/C21H21N7O/c29-21(20(28-16-23-25-26-28)13-17-7-3-1-4-8-17)22-12-11-18-14-24-27(15-18)19-9-5-2-6-10-19/h1-10,14-16,20H,11-13H2,(H,22,29)/t20-/m0/s1. The fourth-order valence-corrected chi connectivity index (χ4v) is 3.11. The topological polar surface area (TPSA) is 90.5 Å². The Morgan fingerprint density at radius 3 is 2.48 bits per heavy atom. The third kappa shape index (κ3) is 4.73. The van der Waals surface area contributed by atoms with Crippen molar-refractivity contribution in [2.45, 2.75) is 18.9 Å². The number of rotatable bonds is 8. The molecule has 0 saturated carbocycles. The second-order valence-corrected chi connectivity index (χ2v) is 6.67. The van der Waals surface area contributed by atoms with Crippen molar-refractivity contribution in [2.24, 2.45) is 0 Å². The molecule has 0 spiro atoms. The number of nitrogens with one attached hydrogen (secondary N) is 1. The summed E-state index contributed by atoms with van der Waals surface area (Å²) in [5.74, 6) is -0.114. The molecule has 2 heterocycles. The lowest BCUT2D eigenvalue weighted by Crippen LogP contribution is -2.35. The normalized spacial score (nSPS) is 11.9. The van der Waals surface area contributed by atoms with Crippen LogP contribution in [0, 0.1) is 0 Å². The van der Waals surface area contributed by atoms with Gasteiger partial charge in [-0.3, -0.25) is 4.79 Å². The minimum absolute atomic E-state index is 0.114. The predicted molar refractivity (Wildman–Crippen MR) is 107 cm³/mol. The van der Waals surface area contributed by atoms with Crippen LogP contribution < -0.4 is 5.32 Å². The summed E-state index contributed by atoms with van der Waals surface area (Å²) in [4.78, 5) is 12.8. The molecule has 29 heavy (non-hydrogen) atoms. The number of nitrogens with zero attached hydrogens (tertiary/aromatic N) is 6. The number of tetrazole rings is 1. The quantitative estimate of drug-likeness (QED) is 0.499. The number of carbonyl (C=O) groups is 1. The Hall–Kier alpha value is -3.81. The summed E-state index contributed by atoms with van der Waals surface area (Å²) in [6.45, 7) is 0.507. The zero-order valence-corrected chi connectivity index (χ0v) is 15.8. The van der Waals surface area contributed by atoms with Crippen molar-refractivity contribution in [3.63, 3.8) is 0 Å². The van der Waals surface area contributed by atoms with E-state index in [0.717, 1.165) is 16.8 Å². The van der Waals surface area contributed by atoms with Gasteiger partial charge in [0, 0.05) is 19.2 Å². The van der Waals surface area contributed by atoms with Crippen LogP contribution in [0.4, 0.5) is 0 Å². The molecule has 0 aliphatic heterocycles. The van der Waals surface area contributed by atoms with Gasteiger partial charge in [0.2, 0.25) is 5.91 Å². The van der Waals surface area contributed by atoms with Crippen LogP contribution in [0.1, 0.15) is 17.2 Å². The lowest BCUT2D eigenvalue weighted by atomic mass is 10.1. The molecular formula is C21H21N7O. The Labute approximate surface area is 168 Å². The molecule has 8 nitrogen and oxygen atoms in total. The molecule has 0 saturated heterocycles. The van der Waals surface area contributed by atoms with Crippen molar-refractivity contribution in [1.29, 1.82) is 0 Å². The third-order valence-corrected chi connectivity index (χ3v) is 4.63. The molecule has 2 aromatic heterocycles. The average Bonchev–Trinajstić information content (AvgIpc) is 3.46. The highest BCUT2D eigenvalue weighted by atomic mass is 16.2. The highest BCUT2D eigenvalue weighted by Gasteiger charge is 2.22. The Morgan fingerprint density at radius 2 is 1.76 bits per heavy atom. The molecular weight excluding hydrogens is 366 g/mol. The average molecular weight is 387 g/mol. The van der Waals surface area contributed by atoms with Crippen LogP contribution in [-0.2, 0) is 17.6 Å². The van der Waals surface area contributed by atoms with Crippen LogP contribution in [0.5, 0.6) is 0 Å². The summed E-state index contributed by atoms with van der Waals surface area (Å²) in [7, 11) is 0. The lowest BCUT2D eigenvalue weighted by Gasteiger charge is -2.16. The van der Waals surface area contributed by atoms with E-state index in [-0.39, 0.29) is 5.91 Å². The minimum atomic E-state index is -0.501. The first kappa shape index (κ1) is 18.5. The van der Waals surface area contributed by atoms with E-state index < -0.39 is 6.04 Å². The maximum atomic E-state index is 12.8. The van der Waals surface area contributed by atoms with Crippen LogP contribution >= 0.6 is 0 Å². The van der Waals surface area contributed by atoms with Gasteiger partial charge in [-0.25, -0.2) is 9.36 Å². The highest BCUT2D eigenvalue weighted by molar-refractivity contribution is 5.80. The second-order valence-electron chi connectivity index (χ2n) is 6.67. The first-order chi connectivity index (χ1) is 14.3. The van der Waals surface area contributed by atoms with E-state index in [1.807, 2.05) is 77.7 Å². The second kappa shape index (κ2) is 8.92. The fourth-order valence-electron chi connectivity index (χ4n) is 3.11. The molecule has 4 rings (SSSR count). The predicted octanol–water partition coefficient (Wildman–Crippen LogP) is 2.00. The Balaban J connectivity index is 1.36. The van der Waals surface area contributed by atoms with Gasteiger partial charge in [-0.1, -0.05) is 48.5 Å². The summed E-state index contributed by atoms with van der Waals surface area (Å²) in [6.07, 6.45) is 6.47. The summed E-state index contributed by atoms with van der Waals surface area (Å²) in [5.41, 5.74) is 3.10. The SMILES string of the molecule is O=C(NCCc1cnn(-c2ccccc2)c1)[C@H](Cc1ccccc1)n1cnnn1. The van der Waals surface area contributed by atoms with Gasteiger partial charge in [0.05, 0.1) is 11.9 Å². The number of carbonyl (C=O) groups excluding carboxylic acids is 1. The van der Waals surface area contributed by atoms with Gasteiger partial charge in [-0.15, -0.1) is 5.10 Å².